The van der Waals surface area contributed by atoms with Crippen LogP contribution in [-0.2, 0) is 6.54 Å². The summed E-state index contributed by atoms with van der Waals surface area (Å²) in [7, 11) is 0. The van der Waals surface area contributed by atoms with Crippen molar-refractivity contribution >= 4 is 0 Å². The third kappa shape index (κ3) is 4.35. The second-order valence-electron chi connectivity index (χ2n) is 4.77. The molecule has 2 aromatic rings. The van der Waals surface area contributed by atoms with Crippen molar-refractivity contribution in [1.82, 2.24) is 14.9 Å². The van der Waals surface area contributed by atoms with E-state index in [0.717, 1.165) is 17.7 Å². The number of nitriles is 1. The molecule has 21 heavy (non-hydrogen) atoms. The Labute approximate surface area is 125 Å². The lowest BCUT2D eigenvalue weighted by molar-refractivity contribution is 0.196. The Morgan fingerprint density at radius 2 is 2.00 bits per heavy atom. The highest BCUT2D eigenvalue weighted by Gasteiger charge is 2.19. The number of rotatable bonds is 7. The molecular weight excluding hydrogens is 262 g/mol. The van der Waals surface area contributed by atoms with Crippen LogP contribution in [0.3, 0.4) is 0 Å². The topological polar surface area (TPSA) is 78.8 Å². The molecule has 2 rings (SSSR count). The van der Waals surface area contributed by atoms with E-state index in [0.29, 0.717) is 19.5 Å². The molecule has 0 bridgehead atoms. The SMILES string of the molecule is N#CCCN(Cc1cccnc1)C(CN)c1ccncc1. The fraction of sp³-hybridized carbons (Fsp3) is 0.312. The van der Waals surface area contributed by atoms with Gasteiger partial charge in [0.15, 0.2) is 0 Å². The number of nitrogens with two attached hydrogens (primary N) is 1. The zero-order valence-corrected chi connectivity index (χ0v) is 11.9. The van der Waals surface area contributed by atoms with Crippen LogP contribution < -0.4 is 5.73 Å². The predicted molar refractivity (Wildman–Crippen MR) is 80.9 cm³/mol. The van der Waals surface area contributed by atoms with E-state index in [1.54, 1.807) is 18.6 Å². The van der Waals surface area contributed by atoms with E-state index in [4.69, 9.17) is 11.0 Å². The average molecular weight is 281 g/mol. The molecule has 0 saturated heterocycles. The van der Waals surface area contributed by atoms with Crippen molar-refractivity contribution in [2.45, 2.75) is 19.0 Å². The molecule has 0 fully saturated rings. The summed E-state index contributed by atoms with van der Waals surface area (Å²) in [5, 5.41) is 8.88. The van der Waals surface area contributed by atoms with E-state index < -0.39 is 0 Å². The first-order valence-electron chi connectivity index (χ1n) is 6.95. The molecule has 2 N–H and O–H groups in total. The standard InChI is InChI=1S/C16H19N5/c17-6-2-10-21(13-14-3-1-7-20-12-14)16(11-18)15-4-8-19-9-5-15/h1,3-5,7-9,12,16H,2,10-11,13,18H2. The van der Waals surface area contributed by atoms with Crippen LogP contribution in [0, 0.1) is 11.3 Å². The highest BCUT2D eigenvalue weighted by Crippen LogP contribution is 2.21. The number of hydrogen-bond acceptors (Lipinski definition) is 5. The van der Waals surface area contributed by atoms with Crippen LogP contribution in [0.4, 0.5) is 0 Å². The second kappa shape index (κ2) is 8.10. The van der Waals surface area contributed by atoms with Gasteiger partial charge in [-0.2, -0.15) is 5.26 Å². The summed E-state index contributed by atoms with van der Waals surface area (Å²) < 4.78 is 0. The Hall–Kier alpha value is -2.29. The van der Waals surface area contributed by atoms with Crippen molar-refractivity contribution < 1.29 is 0 Å². The molecule has 5 heteroatoms. The molecular formula is C16H19N5. The molecule has 0 aliphatic rings. The molecule has 5 nitrogen and oxygen atoms in total. The van der Waals surface area contributed by atoms with Crippen LogP contribution in [0.25, 0.3) is 0 Å². The lowest BCUT2D eigenvalue weighted by Crippen LogP contribution is -2.34. The minimum absolute atomic E-state index is 0.0709. The molecule has 2 aromatic heterocycles. The van der Waals surface area contributed by atoms with Crippen LogP contribution in [-0.4, -0.2) is 28.0 Å². The molecule has 0 amide bonds. The first-order valence-corrected chi connectivity index (χ1v) is 6.95. The molecule has 0 saturated carbocycles. The largest absolute Gasteiger partial charge is 0.329 e. The molecule has 1 unspecified atom stereocenters. The summed E-state index contributed by atoms with van der Waals surface area (Å²) in [5.41, 5.74) is 8.20. The molecule has 0 aliphatic heterocycles. The highest BCUT2D eigenvalue weighted by atomic mass is 15.2. The maximum absolute atomic E-state index is 8.88. The summed E-state index contributed by atoms with van der Waals surface area (Å²) in [6.07, 6.45) is 7.61. The number of pyridine rings is 2. The van der Waals surface area contributed by atoms with E-state index in [2.05, 4.69) is 20.9 Å². The fourth-order valence-electron chi connectivity index (χ4n) is 2.35. The van der Waals surface area contributed by atoms with Crippen molar-refractivity contribution in [2.75, 3.05) is 13.1 Å². The Bertz CT molecular complexity index is 564. The van der Waals surface area contributed by atoms with Crippen LogP contribution in [0.2, 0.25) is 0 Å². The predicted octanol–water partition coefficient (Wildman–Crippen LogP) is 1.89. The summed E-state index contributed by atoms with van der Waals surface area (Å²) >= 11 is 0. The van der Waals surface area contributed by atoms with Gasteiger partial charge in [0.25, 0.3) is 0 Å². The Kier molecular flexibility index (Phi) is 5.83. The van der Waals surface area contributed by atoms with Gasteiger partial charge in [-0.25, -0.2) is 0 Å². The van der Waals surface area contributed by atoms with Gasteiger partial charge in [0.1, 0.15) is 0 Å². The normalized spacial score (nSPS) is 12.0. The smallest absolute Gasteiger partial charge is 0.0635 e. The van der Waals surface area contributed by atoms with Crippen LogP contribution in [0.15, 0.2) is 49.1 Å². The van der Waals surface area contributed by atoms with Crippen LogP contribution in [0.5, 0.6) is 0 Å². The lowest BCUT2D eigenvalue weighted by Gasteiger charge is -2.30. The summed E-state index contributed by atoms with van der Waals surface area (Å²) in [4.78, 5) is 10.4. The Morgan fingerprint density at radius 1 is 1.19 bits per heavy atom. The van der Waals surface area contributed by atoms with Gasteiger partial charge in [-0.15, -0.1) is 0 Å². The number of hydrogen-bond donors (Lipinski definition) is 1. The van der Waals surface area contributed by atoms with E-state index in [-0.39, 0.29) is 6.04 Å². The molecule has 2 heterocycles. The van der Waals surface area contributed by atoms with Gasteiger partial charge in [0.2, 0.25) is 0 Å². The van der Waals surface area contributed by atoms with Crippen molar-refractivity contribution in [1.29, 1.82) is 5.26 Å². The quantitative estimate of drug-likeness (QED) is 0.838. The maximum Gasteiger partial charge on any atom is 0.0635 e. The molecule has 0 radical (unpaired) electrons. The molecule has 0 spiro atoms. The van der Waals surface area contributed by atoms with E-state index >= 15 is 0 Å². The van der Waals surface area contributed by atoms with Gasteiger partial charge < -0.3 is 5.73 Å². The Morgan fingerprint density at radius 3 is 2.62 bits per heavy atom. The average Bonchev–Trinajstić information content (AvgIpc) is 2.55. The minimum atomic E-state index is 0.0709. The molecule has 0 aliphatic carbocycles. The van der Waals surface area contributed by atoms with Crippen LogP contribution in [0.1, 0.15) is 23.6 Å². The third-order valence-corrected chi connectivity index (χ3v) is 3.37. The zero-order valence-electron chi connectivity index (χ0n) is 11.9. The third-order valence-electron chi connectivity index (χ3n) is 3.37. The minimum Gasteiger partial charge on any atom is -0.329 e. The summed E-state index contributed by atoms with van der Waals surface area (Å²) in [5.74, 6) is 0. The zero-order chi connectivity index (χ0) is 14.9. The van der Waals surface area contributed by atoms with Gasteiger partial charge in [0, 0.05) is 56.9 Å². The van der Waals surface area contributed by atoms with Gasteiger partial charge >= 0.3 is 0 Å². The monoisotopic (exact) mass is 281 g/mol. The summed E-state index contributed by atoms with van der Waals surface area (Å²) in [6.45, 7) is 1.89. The Balaban J connectivity index is 2.19. The number of aromatic nitrogens is 2. The van der Waals surface area contributed by atoms with Crippen molar-refractivity contribution in [3.63, 3.8) is 0 Å². The maximum atomic E-state index is 8.88. The van der Waals surface area contributed by atoms with Crippen molar-refractivity contribution in [2.24, 2.45) is 5.73 Å². The molecule has 1 atom stereocenters. The van der Waals surface area contributed by atoms with Gasteiger partial charge in [-0.05, 0) is 29.3 Å². The highest BCUT2D eigenvalue weighted by molar-refractivity contribution is 5.17. The molecule has 0 aromatic carbocycles. The summed E-state index contributed by atoms with van der Waals surface area (Å²) in [6, 6.07) is 10.2. The number of nitrogens with zero attached hydrogens (tertiary/aromatic N) is 4. The van der Waals surface area contributed by atoms with E-state index in [1.165, 1.54) is 0 Å². The second-order valence-corrected chi connectivity index (χ2v) is 4.77. The first-order chi connectivity index (χ1) is 10.3. The van der Waals surface area contributed by atoms with Crippen molar-refractivity contribution in [3.05, 3.63) is 60.2 Å². The van der Waals surface area contributed by atoms with Gasteiger partial charge in [-0.1, -0.05) is 6.07 Å². The fourth-order valence-corrected chi connectivity index (χ4v) is 2.35. The van der Waals surface area contributed by atoms with Crippen molar-refractivity contribution in [3.8, 4) is 6.07 Å². The lowest BCUT2D eigenvalue weighted by atomic mass is 10.1. The van der Waals surface area contributed by atoms with Gasteiger partial charge in [-0.3, -0.25) is 14.9 Å². The van der Waals surface area contributed by atoms with Crippen LogP contribution >= 0.6 is 0 Å². The van der Waals surface area contributed by atoms with Gasteiger partial charge in [0.05, 0.1) is 6.07 Å². The first kappa shape index (κ1) is 15.1. The van der Waals surface area contributed by atoms with E-state index in [9.17, 15) is 0 Å². The molecule has 108 valence electrons. The van der Waals surface area contributed by atoms with E-state index in [1.807, 2.05) is 30.5 Å².